The van der Waals surface area contributed by atoms with E-state index < -0.39 is 6.10 Å². The average molecular weight is 166 g/mol. The van der Waals surface area contributed by atoms with Crippen molar-refractivity contribution < 1.29 is 5.11 Å². The highest BCUT2D eigenvalue weighted by atomic mass is 16.3. The molecule has 2 N–H and O–H groups in total. The number of likely N-dealkylation sites (N-methyl/N-ethyl adjacent to an activating group) is 1. The number of aryl methyl sites for hydroxylation is 1. The zero-order valence-corrected chi connectivity index (χ0v) is 7.41. The molecule has 0 saturated heterocycles. The van der Waals surface area contributed by atoms with Crippen LogP contribution in [-0.4, -0.2) is 23.7 Å². The molecule has 1 rings (SSSR count). The lowest BCUT2D eigenvalue weighted by Gasteiger charge is -2.09. The van der Waals surface area contributed by atoms with Gasteiger partial charge in [0.05, 0.1) is 6.10 Å². The van der Waals surface area contributed by atoms with Crippen LogP contribution in [-0.2, 0) is 0 Å². The highest BCUT2D eigenvalue weighted by molar-refractivity contribution is 5.18. The van der Waals surface area contributed by atoms with Crippen LogP contribution in [0.2, 0.25) is 0 Å². The first-order valence-electron chi connectivity index (χ1n) is 3.99. The van der Waals surface area contributed by atoms with Crippen LogP contribution in [0.25, 0.3) is 0 Å². The molecule has 0 radical (unpaired) electrons. The molecular weight excluding hydrogens is 152 g/mol. The van der Waals surface area contributed by atoms with Crippen molar-refractivity contribution in [2.75, 3.05) is 13.6 Å². The van der Waals surface area contributed by atoms with Gasteiger partial charge in [-0.2, -0.15) is 0 Å². The maximum atomic E-state index is 9.55. The van der Waals surface area contributed by atoms with Crippen molar-refractivity contribution in [2.45, 2.75) is 13.0 Å². The molecule has 0 aliphatic carbocycles. The smallest absolute Gasteiger partial charge is 0.0915 e. The van der Waals surface area contributed by atoms with Crippen LogP contribution in [0.15, 0.2) is 18.3 Å². The van der Waals surface area contributed by atoms with E-state index in [1.807, 2.05) is 26.1 Å². The third kappa shape index (κ3) is 2.29. The third-order valence-electron chi connectivity index (χ3n) is 1.70. The van der Waals surface area contributed by atoms with Crippen LogP contribution >= 0.6 is 0 Å². The average Bonchev–Trinajstić information content (AvgIpc) is 2.05. The Morgan fingerprint density at radius 3 is 3.00 bits per heavy atom. The summed E-state index contributed by atoms with van der Waals surface area (Å²) >= 11 is 0. The molecule has 66 valence electrons. The number of pyridine rings is 1. The van der Waals surface area contributed by atoms with Crippen LogP contribution < -0.4 is 5.32 Å². The second kappa shape index (κ2) is 4.18. The number of aliphatic hydroxyl groups is 1. The van der Waals surface area contributed by atoms with Gasteiger partial charge in [-0.15, -0.1) is 0 Å². The minimum absolute atomic E-state index is 0.434. The van der Waals surface area contributed by atoms with Crippen molar-refractivity contribution in [3.8, 4) is 0 Å². The minimum Gasteiger partial charge on any atom is -0.387 e. The summed E-state index contributed by atoms with van der Waals surface area (Å²) in [7, 11) is 1.82. The Bertz CT molecular complexity index is 250. The lowest BCUT2D eigenvalue weighted by Crippen LogP contribution is -2.16. The molecule has 1 aromatic rings. The second-order valence-corrected chi connectivity index (χ2v) is 2.80. The van der Waals surface area contributed by atoms with E-state index in [4.69, 9.17) is 0 Å². The van der Waals surface area contributed by atoms with E-state index in [0.717, 1.165) is 11.3 Å². The number of aliphatic hydroxyl groups excluding tert-OH is 1. The molecule has 0 bridgehead atoms. The number of aromatic nitrogens is 1. The molecule has 0 amide bonds. The van der Waals surface area contributed by atoms with E-state index in [1.54, 1.807) is 6.20 Å². The summed E-state index contributed by atoms with van der Waals surface area (Å²) in [6.45, 7) is 2.49. The van der Waals surface area contributed by atoms with Crippen molar-refractivity contribution in [2.24, 2.45) is 0 Å². The van der Waals surface area contributed by atoms with Crippen molar-refractivity contribution in [3.05, 3.63) is 29.6 Å². The van der Waals surface area contributed by atoms with Gasteiger partial charge in [-0.05, 0) is 31.7 Å². The summed E-state index contributed by atoms with van der Waals surface area (Å²) in [5, 5.41) is 12.5. The number of hydrogen-bond donors (Lipinski definition) is 2. The fourth-order valence-electron chi connectivity index (χ4n) is 1.09. The Hall–Kier alpha value is -0.930. The summed E-state index contributed by atoms with van der Waals surface area (Å²) < 4.78 is 0. The summed E-state index contributed by atoms with van der Waals surface area (Å²) in [5.41, 5.74) is 1.85. The van der Waals surface area contributed by atoms with Gasteiger partial charge in [-0.25, -0.2) is 0 Å². The molecule has 1 atom stereocenters. The monoisotopic (exact) mass is 166 g/mol. The van der Waals surface area contributed by atoms with E-state index in [-0.39, 0.29) is 0 Å². The predicted octanol–water partition coefficient (Wildman–Crippen LogP) is 0.643. The van der Waals surface area contributed by atoms with Crippen LogP contribution in [0.1, 0.15) is 17.4 Å². The largest absolute Gasteiger partial charge is 0.387 e. The summed E-state index contributed by atoms with van der Waals surface area (Å²) in [4.78, 5) is 4.05. The molecule has 1 unspecified atom stereocenters. The van der Waals surface area contributed by atoms with Gasteiger partial charge < -0.3 is 10.4 Å². The van der Waals surface area contributed by atoms with E-state index in [9.17, 15) is 5.11 Å². The van der Waals surface area contributed by atoms with Gasteiger partial charge in [-0.1, -0.05) is 0 Å². The fourth-order valence-corrected chi connectivity index (χ4v) is 1.09. The molecule has 0 aliphatic rings. The van der Waals surface area contributed by atoms with E-state index in [0.29, 0.717) is 6.54 Å². The number of hydrogen-bond acceptors (Lipinski definition) is 3. The van der Waals surface area contributed by atoms with Crippen molar-refractivity contribution in [1.82, 2.24) is 10.3 Å². The first-order valence-corrected chi connectivity index (χ1v) is 3.99. The lowest BCUT2D eigenvalue weighted by molar-refractivity contribution is 0.177. The Morgan fingerprint density at radius 1 is 1.67 bits per heavy atom. The van der Waals surface area contributed by atoms with E-state index >= 15 is 0 Å². The maximum absolute atomic E-state index is 9.55. The first kappa shape index (κ1) is 9.16. The van der Waals surface area contributed by atoms with Gasteiger partial charge in [0.1, 0.15) is 0 Å². The Morgan fingerprint density at radius 2 is 2.42 bits per heavy atom. The number of rotatable bonds is 3. The Kier molecular flexibility index (Phi) is 3.19. The fraction of sp³-hybridized carbons (Fsp3) is 0.444. The minimum atomic E-state index is -0.434. The van der Waals surface area contributed by atoms with Gasteiger partial charge in [0.15, 0.2) is 0 Å². The molecule has 1 heterocycles. The van der Waals surface area contributed by atoms with Gasteiger partial charge in [0.2, 0.25) is 0 Å². The summed E-state index contributed by atoms with van der Waals surface area (Å²) in [5.74, 6) is 0. The zero-order chi connectivity index (χ0) is 8.97. The molecule has 0 aliphatic heterocycles. The molecule has 0 fully saturated rings. The van der Waals surface area contributed by atoms with Crippen molar-refractivity contribution in [1.29, 1.82) is 0 Å². The summed E-state index contributed by atoms with van der Waals surface area (Å²) in [6, 6.07) is 3.72. The Balaban J connectivity index is 2.73. The quantitative estimate of drug-likeness (QED) is 0.692. The van der Waals surface area contributed by atoms with E-state index in [2.05, 4.69) is 10.3 Å². The lowest BCUT2D eigenvalue weighted by atomic mass is 10.1. The molecule has 0 spiro atoms. The van der Waals surface area contributed by atoms with Crippen LogP contribution in [0, 0.1) is 6.92 Å². The Labute approximate surface area is 72.5 Å². The first-order chi connectivity index (χ1) is 5.74. The molecule has 0 saturated carbocycles. The molecule has 3 nitrogen and oxygen atoms in total. The highest BCUT2D eigenvalue weighted by Crippen LogP contribution is 2.11. The predicted molar refractivity (Wildman–Crippen MR) is 47.9 cm³/mol. The number of nitrogens with one attached hydrogen (secondary N) is 1. The van der Waals surface area contributed by atoms with E-state index in [1.165, 1.54) is 0 Å². The maximum Gasteiger partial charge on any atom is 0.0915 e. The standard InChI is InChI=1S/C9H14N2O/c1-7-5-8(3-4-11-7)9(12)6-10-2/h3-5,9-10,12H,6H2,1-2H3. The van der Waals surface area contributed by atoms with Crippen LogP contribution in [0.3, 0.4) is 0 Å². The van der Waals surface area contributed by atoms with Gasteiger partial charge >= 0.3 is 0 Å². The van der Waals surface area contributed by atoms with Crippen LogP contribution in [0.4, 0.5) is 0 Å². The molecular formula is C9H14N2O. The molecule has 3 heteroatoms. The molecule has 12 heavy (non-hydrogen) atoms. The van der Waals surface area contributed by atoms with Crippen LogP contribution in [0.5, 0.6) is 0 Å². The normalized spacial score (nSPS) is 12.9. The second-order valence-electron chi connectivity index (χ2n) is 2.80. The van der Waals surface area contributed by atoms with Gasteiger partial charge in [-0.3, -0.25) is 4.98 Å². The van der Waals surface area contributed by atoms with Gasteiger partial charge in [0, 0.05) is 18.4 Å². The van der Waals surface area contributed by atoms with Crippen molar-refractivity contribution in [3.63, 3.8) is 0 Å². The van der Waals surface area contributed by atoms with Gasteiger partial charge in [0.25, 0.3) is 0 Å². The SMILES string of the molecule is CNCC(O)c1ccnc(C)c1. The topological polar surface area (TPSA) is 45.1 Å². The zero-order valence-electron chi connectivity index (χ0n) is 7.41. The van der Waals surface area contributed by atoms with Crippen molar-refractivity contribution >= 4 is 0 Å². The summed E-state index contributed by atoms with van der Waals surface area (Å²) in [6.07, 6.45) is 1.28. The third-order valence-corrected chi connectivity index (χ3v) is 1.70. The number of nitrogens with zero attached hydrogens (tertiary/aromatic N) is 1. The molecule has 1 aromatic heterocycles. The highest BCUT2D eigenvalue weighted by Gasteiger charge is 2.05. The molecule has 0 aromatic carbocycles.